The Bertz CT molecular complexity index is 628. The van der Waals surface area contributed by atoms with Gasteiger partial charge in [0.15, 0.2) is 0 Å². The van der Waals surface area contributed by atoms with Crippen molar-refractivity contribution in [1.82, 2.24) is 4.98 Å². The number of ether oxygens (including phenoxy) is 1. The lowest BCUT2D eigenvalue weighted by molar-refractivity contribution is 0.414. The lowest BCUT2D eigenvalue weighted by Gasteiger charge is -2.19. The van der Waals surface area contributed by atoms with Crippen molar-refractivity contribution < 1.29 is 4.74 Å². The summed E-state index contributed by atoms with van der Waals surface area (Å²) >= 11 is 0. The van der Waals surface area contributed by atoms with Crippen molar-refractivity contribution in [2.75, 3.05) is 7.11 Å². The topological polar surface area (TPSA) is 42.1 Å². The van der Waals surface area contributed by atoms with Crippen LogP contribution in [0, 0.1) is 0 Å². The highest BCUT2D eigenvalue weighted by Gasteiger charge is 2.16. The minimum atomic E-state index is -0.0487. The fourth-order valence-electron chi connectivity index (χ4n) is 2.37. The molecule has 3 rings (SSSR count). The summed E-state index contributed by atoms with van der Waals surface area (Å²) in [5, 5.41) is 0. The van der Waals surface area contributed by atoms with Gasteiger partial charge < -0.3 is 9.72 Å². The monoisotopic (exact) mass is 227 g/mol. The van der Waals surface area contributed by atoms with E-state index < -0.39 is 0 Å². The molecule has 0 spiro atoms. The summed E-state index contributed by atoms with van der Waals surface area (Å²) in [6, 6.07) is 9.50. The van der Waals surface area contributed by atoms with Gasteiger partial charge in [-0.3, -0.25) is 4.79 Å². The van der Waals surface area contributed by atoms with Crippen LogP contribution in [0.3, 0.4) is 0 Å². The van der Waals surface area contributed by atoms with Crippen LogP contribution in [-0.2, 0) is 12.8 Å². The van der Waals surface area contributed by atoms with E-state index in [9.17, 15) is 4.79 Å². The number of fused-ring (bicyclic) bond motifs is 3. The normalized spacial score (nSPS) is 12.8. The Morgan fingerprint density at radius 1 is 1.12 bits per heavy atom. The second-order valence-corrected chi connectivity index (χ2v) is 4.25. The van der Waals surface area contributed by atoms with Gasteiger partial charge in [0.25, 0.3) is 0 Å². The van der Waals surface area contributed by atoms with Gasteiger partial charge in [0.1, 0.15) is 5.75 Å². The number of pyridine rings is 1. The number of hydrogen-bond acceptors (Lipinski definition) is 2. The maximum Gasteiger partial charge on any atom is 0.248 e. The van der Waals surface area contributed by atoms with Gasteiger partial charge in [0.2, 0.25) is 5.56 Å². The maximum atomic E-state index is 11.4. The van der Waals surface area contributed by atoms with Crippen LogP contribution in [0.5, 0.6) is 5.75 Å². The zero-order valence-electron chi connectivity index (χ0n) is 9.62. The van der Waals surface area contributed by atoms with E-state index in [1.54, 1.807) is 13.2 Å². The van der Waals surface area contributed by atoms with Crippen LogP contribution in [-0.4, -0.2) is 12.1 Å². The Labute approximate surface area is 99.1 Å². The molecule has 0 saturated carbocycles. The third-order valence-corrected chi connectivity index (χ3v) is 3.25. The molecule has 1 aromatic heterocycles. The zero-order valence-corrected chi connectivity index (χ0v) is 9.62. The van der Waals surface area contributed by atoms with Gasteiger partial charge in [0.05, 0.1) is 12.8 Å². The Kier molecular flexibility index (Phi) is 2.25. The van der Waals surface area contributed by atoms with E-state index in [0.717, 1.165) is 29.8 Å². The average molecular weight is 227 g/mol. The molecular weight excluding hydrogens is 214 g/mol. The predicted octanol–water partition coefficient (Wildman–Crippen LogP) is 2.15. The molecule has 2 aromatic rings. The first-order valence-corrected chi connectivity index (χ1v) is 5.67. The van der Waals surface area contributed by atoms with Gasteiger partial charge in [-0.2, -0.15) is 0 Å². The first-order chi connectivity index (χ1) is 8.28. The summed E-state index contributed by atoms with van der Waals surface area (Å²) in [5.74, 6) is 0.866. The Hall–Kier alpha value is -2.03. The summed E-state index contributed by atoms with van der Waals surface area (Å²) in [7, 11) is 1.67. The molecule has 0 bridgehead atoms. The SMILES string of the molecule is COc1ccc2c(c1)CCc1ccc(=O)[nH]c1-2. The molecular formula is C14H13NO2. The Morgan fingerprint density at radius 3 is 2.76 bits per heavy atom. The van der Waals surface area contributed by atoms with E-state index in [1.165, 1.54) is 11.1 Å². The quantitative estimate of drug-likeness (QED) is 0.811. The van der Waals surface area contributed by atoms with Crippen LogP contribution in [0.2, 0.25) is 0 Å². The molecule has 0 fully saturated rings. The highest BCUT2D eigenvalue weighted by Crippen LogP contribution is 2.33. The Balaban J connectivity index is 2.22. The number of aryl methyl sites for hydroxylation is 2. The maximum absolute atomic E-state index is 11.4. The third kappa shape index (κ3) is 1.64. The molecule has 17 heavy (non-hydrogen) atoms. The fourth-order valence-corrected chi connectivity index (χ4v) is 2.37. The highest BCUT2D eigenvalue weighted by atomic mass is 16.5. The molecule has 3 nitrogen and oxygen atoms in total. The second-order valence-electron chi connectivity index (χ2n) is 4.25. The van der Waals surface area contributed by atoms with Gasteiger partial charge in [0, 0.05) is 11.6 Å². The number of H-pyrrole nitrogens is 1. The summed E-state index contributed by atoms with van der Waals surface area (Å²) < 4.78 is 5.22. The van der Waals surface area contributed by atoms with E-state index in [0.29, 0.717) is 0 Å². The fraction of sp³-hybridized carbons (Fsp3) is 0.214. The molecule has 1 aromatic carbocycles. The van der Waals surface area contributed by atoms with Crippen molar-refractivity contribution in [3.63, 3.8) is 0 Å². The van der Waals surface area contributed by atoms with Crippen molar-refractivity contribution in [2.24, 2.45) is 0 Å². The first-order valence-electron chi connectivity index (χ1n) is 5.67. The number of benzene rings is 1. The van der Waals surface area contributed by atoms with Crippen LogP contribution < -0.4 is 10.3 Å². The van der Waals surface area contributed by atoms with Crippen LogP contribution in [0.25, 0.3) is 11.3 Å². The van der Waals surface area contributed by atoms with E-state index in [1.807, 2.05) is 24.3 Å². The number of aromatic nitrogens is 1. The smallest absolute Gasteiger partial charge is 0.248 e. The van der Waals surface area contributed by atoms with Crippen molar-refractivity contribution in [1.29, 1.82) is 0 Å². The Morgan fingerprint density at radius 2 is 1.94 bits per heavy atom. The lowest BCUT2D eigenvalue weighted by atomic mass is 9.89. The number of aromatic amines is 1. The van der Waals surface area contributed by atoms with E-state index in [-0.39, 0.29) is 5.56 Å². The van der Waals surface area contributed by atoms with E-state index in [4.69, 9.17) is 4.74 Å². The molecule has 3 heteroatoms. The summed E-state index contributed by atoms with van der Waals surface area (Å²) in [6.07, 6.45) is 1.96. The predicted molar refractivity (Wildman–Crippen MR) is 66.5 cm³/mol. The molecule has 0 saturated heterocycles. The van der Waals surface area contributed by atoms with Crippen molar-refractivity contribution >= 4 is 0 Å². The molecule has 0 radical (unpaired) electrons. The molecule has 1 N–H and O–H groups in total. The number of methoxy groups -OCH3 is 1. The zero-order chi connectivity index (χ0) is 11.8. The number of rotatable bonds is 1. The van der Waals surface area contributed by atoms with Crippen molar-refractivity contribution in [3.8, 4) is 17.0 Å². The van der Waals surface area contributed by atoms with Crippen LogP contribution >= 0.6 is 0 Å². The van der Waals surface area contributed by atoms with Crippen LogP contribution in [0.4, 0.5) is 0 Å². The average Bonchev–Trinajstić information content (AvgIpc) is 2.37. The summed E-state index contributed by atoms with van der Waals surface area (Å²) in [4.78, 5) is 14.3. The molecule has 1 heterocycles. The number of hydrogen-bond donors (Lipinski definition) is 1. The first kappa shape index (κ1) is 10.1. The molecule has 86 valence electrons. The lowest BCUT2D eigenvalue weighted by Crippen LogP contribution is -2.12. The largest absolute Gasteiger partial charge is 0.497 e. The molecule has 0 aliphatic heterocycles. The molecule has 0 amide bonds. The van der Waals surface area contributed by atoms with Gasteiger partial charge in [-0.1, -0.05) is 6.07 Å². The number of nitrogens with one attached hydrogen (secondary N) is 1. The van der Waals surface area contributed by atoms with Gasteiger partial charge >= 0.3 is 0 Å². The van der Waals surface area contributed by atoms with Crippen LogP contribution in [0.1, 0.15) is 11.1 Å². The van der Waals surface area contributed by atoms with Crippen LogP contribution in [0.15, 0.2) is 35.1 Å². The van der Waals surface area contributed by atoms with E-state index >= 15 is 0 Å². The van der Waals surface area contributed by atoms with Crippen molar-refractivity contribution in [2.45, 2.75) is 12.8 Å². The minimum absolute atomic E-state index is 0.0487. The molecule has 0 unspecified atom stereocenters. The minimum Gasteiger partial charge on any atom is -0.497 e. The highest BCUT2D eigenvalue weighted by molar-refractivity contribution is 5.70. The van der Waals surface area contributed by atoms with Gasteiger partial charge in [-0.05, 0) is 42.2 Å². The second kappa shape index (κ2) is 3.77. The van der Waals surface area contributed by atoms with E-state index in [2.05, 4.69) is 4.98 Å². The summed E-state index contributed by atoms with van der Waals surface area (Å²) in [6.45, 7) is 0. The molecule has 0 atom stereocenters. The van der Waals surface area contributed by atoms with Gasteiger partial charge in [-0.25, -0.2) is 0 Å². The standard InChI is InChI=1S/C14H13NO2/c1-17-11-5-6-12-10(8-11)3-2-9-4-7-13(16)15-14(9)12/h4-8H,2-3H2,1H3,(H,15,16). The molecule has 1 aliphatic rings. The molecule has 1 aliphatic carbocycles. The van der Waals surface area contributed by atoms with Gasteiger partial charge in [-0.15, -0.1) is 0 Å². The summed E-state index contributed by atoms with van der Waals surface area (Å²) in [5.41, 5.74) is 4.47. The van der Waals surface area contributed by atoms with Crippen molar-refractivity contribution in [3.05, 3.63) is 51.8 Å². The third-order valence-electron chi connectivity index (χ3n) is 3.25.